The van der Waals surface area contributed by atoms with Crippen LogP contribution >= 0.6 is 0 Å². The number of oxazole rings is 2. The molecule has 0 saturated carbocycles. The molecule has 1 aliphatic heterocycles. The molecule has 2 aromatic heterocycles. The van der Waals surface area contributed by atoms with Crippen LogP contribution in [0.1, 0.15) is 0 Å². The first kappa shape index (κ1) is 19.8. The van der Waals surface area contributed by atoms with E-state index in [9.17, 15) is 8.42 Å². The summed E-state index contributed by atoms with van der Waals surface area (Å²) in [4.78, 5) is 9.36. The molecule has 0 bridgehead atoms. The largest absolute Gasteiger partial charge is 0.436 e. The van der Waals surface area contributed by atoms with Gasteiger partial charge in [-0.3, -0.25) is 0 Å². The van der Waals surface area contributed by atoms with Crippen LogP contribution in [0.15, 0.2) is 91.4 Å². The number of nitrogens with two attached hydrogens (primary N) is 2. The first-order valence-corrected chi connectivity index (χ1v) is 12.2. The van der Waals surface area contributed by atoms with Crippen molar-refractivity contribution in [3.05, 3.63) is 72.8 Å². The predicted molar refractivity (Wildman–Crippen MR) is 132 cm³/mol. The molecule has 7 rings (SSSR count). The standard InChI is InChI=1S/C26H16N4O4S/c27-15-3-7-21-19(11-15)29-25(33-21)13-1-5-17-18-6-2-14(10-24(18)35(31,32)23(17)9-13)26-30-20-12-16(28)4-8-22(20)34-26/h1-12H,27-28H2. The van der Waals surface area contributed by atoms with Crippen molar-refractivity contribution < 1.29 is 17.3 Å². The Hall–Kier alpha value is -4.63. The Kier molecular flexibility index (Phi) is 3.79. The second-order valence-corrected chi connectivity index (χ2v) is 10.3. The van der Waals surface area contributed by atoms with E-state index in [-0.39, 0.29) is 9.79 Å². The lowest BCUT2D eigenvalue weighted by atomic mass is 10.0. The summed E-state index contributed by atoms with van der Waals surface area (Å²) in [5.41, 5.74) is 17.6. The summed E-state index contributed by atoms with van der Waals surface area (Å²) < 4.78 is 38.8. The van der Waals surface area contributed by atoms with Gasteiger partial charge in [-0.25, -0.2) is 18.4 Å². The number of aromatic nitrogens is 2. The van der Waals surface area contributed by atoms with E-state index in [0.717, 1.165) is 0 Å². The summed E-state index contributed by atoms with van der Waals surface area (Å²) in [6.45, 7) is 0. The number of hydrogen-bond donors (Lipinski definition) is 2. The molecule has 170 valence electrons. The smallest absolute Gasteiger partial charge is 0.227 e. The maximum atomic E-state index is 13.5. The fourth-order valence-electron chi connectivity index (χ4n) is 4.45. The zero-order valence-electron chi connectivity index (χ0n) is 18.0. The number of anilines is 2. The lowest BCUT2D eigenvalue weighted by molar-refractivity contribution is 0.598. The topological polar surface area (TPSA) is 138 Å². The van der Waals surface area contributed by atoms with Crippen LogP contribution in [0, 0.1) is 0 Å². The molecule has 0 spiro atoms. The van der Waals surface area contributed by atoms with Crippen LogP contribution in [0.3, 0.4) is 0 Å². The normalized spacial score (nSPS) is 13.8. The number of hydrogen-bond acceptors (Lipinski definition) is 8. The van der Waals surface area contributed by atoms with Gasteiger partial charge in [0.05, 0.1) is 9.79 Å². The van der Waals surface area contributed by atoms with Crippen molar-refractivity contribution in [2.24, 2.45) is 0 Å². The molecule has 0 amide bonds. The molecular weight excluding hydrogens is 464 g/mol. The lowest BCUT2D eigenvalue weighted by Gasteiger charge is -2.01. The Morgan fingerprint density at radius 2 is 1.06 bits per heavy atom. The van der Waals surface area contributed by atoms with Crippen molar-refractivity contribution in [2.75, 3.05) is 11.5 Å². The van der Waals surface area contributed by atoms with Crippen molar-refractivity contribution in [3.63, 3.8) is 0 Å². The van der Waals surface area contributed by atoms with Gasteiger partial charge in [0.2, 0.25) is 21.6 Å². The molecule has 4 N–H and O–H groups in total. The first-order valence-electron chi connectivity index (χ1n) is 10.7. The zero-order valence-corrected chi connectivity index (χ0v) is 18.8. The second kappa shape index (κ2) is 6.71. The molecule has 0 aliphatic carbocycles. The van der Waals surface area contributed by atoms with E-state index >= 15 is 0 Å². The summed E-state index contributed by atoms with van der Waals surface area (Å²) >= 11 is 0. The highest BCUT2D eigenvalue weighted by molar-refractivity contribution is 7.92. The average Bonchev–Trinajstić information content (AvgIpc) is 3.51. The fraction of sp³-hybridized carbons (Fsp3) is 0. The fourth-order valence-corrected chi connectivity index (χ4v) is 6.19. The number of benzene rings is 4. The molecule has 35 heavy (non-hydrogen) atoms. The van der Waals surface area contributed by atoms with Crippen LogP contribution in [-0.4, -0.2) is 18.4 Å². The highest BCUT2D eigenvalue weighted by Crippen LogP contribution is 2.46. The second-order valence-electron chi connectivity index (χ2n) is 8.42. The first-order chi connectivity index (χ1) is 16.9. The third-order valence-corrected chi connectivity index (χ3v) is 7.98. The molecule has 9 heteroatoms. The Bertz CT molecular complexity index is 1820. The Balaban J connectivity index is 1.33. The maximum absolute atomic E-state index is 13.5. The van der Waals surface area contributed by atoms with Gasteiger partial charge >= 0.3 is 0 Å². The number of rotatable bonds is 2. The van der Waals surface area contributed by atoms with Gasteiger partial charge in [0, 0.05) is 33.6 Å². The van der Waals surface area contributed by atoms with Crippen LogP contribution < -0.4 is 11.5 Å². The van der Waals surface area contributed by atoms with Crippen LogP contribution in [-0.2, 0) is 9.84 Å². The van der Waals surface area contributed by atoms with Gasteiger partial charge in [-0.2, -0.15) is 0 Å². The van der Waals surface area contributed by atoms with Crippen molar-refractivity contribution in [2.45, 2.75) is 9.79 Å². The van der Waals surface area contributed by atoms with Gasteiger partial charge in [-0.05, 0) is 60.7 Å². The molecular formula is C26H16N4O4S. The third kappa shape index (κ3) is 2.88. The molecule has 4 aromatic carbocycles. The van der Waals surface area contributed by atoms with Crippen molar-refractivity contribution >= 4 is 43.4 Å². The molecule has 8 nitrogen and oxygen atoms in total. The van der Waals surface area contributed by atoms with E-state index in [1.807, 2.05) is 0 Å². The molecule has 0 radical (unpaired) electrons. The van der Waals surface area contributed by atoms with Crippen LogP contribution in [0.4, 0.5) is 11.4 Å². The van der Waals surface area contributed by atoms with Gasteiger partial charge < -0.3 is 20.3 Å². The van der Waals surface area contributed by atoms with Crippen molar-refractivity contribution in [3.8, 4) is 34.0 Å². The summed E-state index contributed by atoms with van der Waals surface area (Å²) in [5, 5.41) is 0. The number of sulfone groups is 1. The monoisotopic (exact) mass is 480 g/mol. The minimum atomic E-state index is -3.78. The van der Waals surface area contributed by atoms with Gasteiger partial charge in [0.15, 0.2) is 11.2 Å². The van der Waals surface area contributed by atoms with E-state index in [1.165, 1.54) is 0 Å². The highest BCUT2D eigenvalue weighted by atomic mass is 32.2. The minimum Gasteiger partial charge on any atom is -0.436 e. The number of nitrogen functional groups attached to an aromatic ring is 2. The van der Waals surface area contributed by atoms with Gasteiger partial charge in [0.25, 0.3) is 0 Å². The molecule has 0 fully saturated rings. The maximum Gasteiger partial charge on any atom is 0.227 e. The van der Waals surface area contributed by atoms with E-state index in [0.29, 0.717) is 67.6 Å². The minimum absolute atomic E-state index is 0.203. The van der Waals surface area contributed by atoms with E-state index < -0.39 is 9.84 Å². The Morgan fingerprint density at radius 3 is 1.51 bits per heavy atom. The van der Waals surface area contributed by atoms with Crippen LogP contribution in [0.25, 0.3) is 56.2 Å². The summed E-state index contributed by atoms with van der Waals surface area (Å²) in [6.07, 6.45) is 0. The van der Waals surface area contributed by atoms with Gasteiger partial charge in [-0.15, -0.1) is 0 Å². The quantitative estimate of drug-likeness (QED) is 0.319. The lowest BCUT2D eigenvalue weighted by Crippen LogP contribution is -1.97. The highest BCUT2D eigenvalue weighted by Gasteiger charge is 2.34. The molecule has 0 atom stereocenters. The molecule has 3 heterocycles. The van der Waals surface area contributed by atoms with Crippen molar-refractivity contribution in [1.29, 1.82) is 0 Å². The van der Waals surface area contributed by atoms with E-state index in [2.05, 4.69) is 9.97 Å². The third-order valence-electron chi connectivity index (χ3n) is 6.15. The SMILES string of the molecule is Nc1ccc2oc(-c3ccc4c(c3)S(=O)(=O)c3cc(-c5nc6cc(N)ccc6o5)ccc3-4)nc2c1. The molecule has 0 unspecified atom stereocenters. The zero-order chi connectivity index (χ0) is 23.9. The summed E-state index contributed by atoms with van der Waals surface area (Å²) in [7, 11) is -3.78. The molecule has 1 aliphatic rings. The van der Waals surface area contributed by atoms with E-state index in [1.54, 1.807) is 72.8 Å². The number of nitrogens with zero attached hydrogens (tertiary/aromatic N) is 2. The molecule has 0 saturated heterocycles. The van der Waals surface area contributed by atoms with E-state index in [4.69, 9.17) is 20.3 Å². The molecule has 6 aromatic rings. The summed E-state index contributed by atoms with van der Waals surface area (Å²) in [5.74, 6) is 0.650. The number of fused-ring (bicyclic) bond motifs is 5. The van der Waals surface area contributed by atoms with Crippen molar-refractivity contribution in [1.82, 2.24) is 9.97 Å². The Morgan fingerprint density at radius 1 is 0.600 bits per heavy atom. The Labute approximate surface area is 198 Å². The predicted octanol–water partition coefficient (Wildman–Crippen LogP) is 5.28. The van der Waals surface area contributed by atoms with Gasteiger partial charge in [-0.1, -0.05) is 12.1 Å². The summed E-state index contributed by atoms with van der Waals surface area (Å²) in [6, 6.07) is 20.7. The average molecular weight is 481 g/mol. The van der Waals surface area contributed by atoms with Crippen LogP contribution in [0.5, 0.6) is 0 Å². The van der Waals surface area contributed by atoms with Gasteiger partial charge in [0.1, 0.15) is 11.0 Å². The van der Waals surface area contributed by atoms with Crippen LogP contribution in [0.2, 0.25) is 0 Å².